The van der Waals surface area contributed by atoms with E-state index in [1.165, 1.54) is 6.20 Å². The van der Waals surface area contributed by atoms with Crippen LogP contribution in [0.1, 0.15) is 30.8 Å². The van der Waals surface area contributed by atoms with Crippen molar-refractivity contribution in [3.8, 4) is 5.75 Å². The van der Waals surface area contributed by atoms with Gasteiger partial charge in [-0.3, -0.25) is 9.97 Å². The second-order valence-corrected chi connectivity index (χ2v) is 4.47. The van der Waals surface area contributed by atoms with E-state index < -0.39 is 5.41 Å². The molecule has 0 aliphatic heterocycles. The summed E-state index contributed by atoms with van der Waals surface area (Å²) in [5.74, 6) is 0.252. The smallest absolute Gasteiger partial charge is 0.119 e. The predicted molar refractivity (Wildman–Crippen MR) is 65.7 cm³/mol. The molecule has 18 heavy (non-hydrogen) atoms. The number of para-hydroxylation sites is 1. The van der Waals surface area contributed by atoms with Crippen LogP contribution in [0.2, 0.25) is 0 Å². The van der Waals surface area contributed by atoms with E-state index in [1.807, 2.05) is 26.0 Å². The molecule has 3 nitrogen and oxygen atoms in total. The summed E-state index contributed by atoms with van der Waals surface area (Å²) in [6, 6.07) is 7.22. The summed E-state index contributed by atoms with van der Waals surface area (Å²) in [7, 11) is 0. The average molecular weight is 418 g/mol. The van der Waals surface area contributed by atoms with Gasteiger partial charge in [0, 0.05) is 50.4 Å². The number of aromatic nitrogens is 2. The third-order valence-corrected chi connectivity index (χ3v) is 2.87. The summed E-state index contributed by atoms with van der Waals surface area (Å²) in [6.07, 6.45) is 3.17. The zero-order valence-electron chi connectivity index (χ0n) is 10.2. The molecule has 1 N–H and O–H groups in total. The molecular formula is C14H14IrN2O. The predicted octanol–water partition coefficient (Wildman–Crippen LogP) is 2.56. The van der Waals surface area contributed by atoms with Crippen LogP contribution in [0, 0.1) is 6.92 Å². The van der Waals surface area contributed by atoms with Gasteiger partial charge in [-0.15, -0.1) is 0 Å². The molecule has 0 aliphatic rings. The Morgan fingerprint density at radius 3 is 2.44 bits per heavy atom. The van der Waals surface area contributed by atoms with Gasteiger partial charge in [0.15, 0.2) is 0 Å². The maximum Gasteiger partial charge on any atom is 0.119 e. The van der Waals surface area contributed by atoms with Gasteiger partial charge in [-0.05, 0) is 19.9 Å². The van der Waals surface area contributed by atoms with Crippen LogP contribution in [-0.4, -0.2) is 15.1 Å². The fourth-order valence-electron chi connectivity index (χ4n) is 1.82. The number of aromatic hydroxyl groups is 1. The Hall–Kier alpha value is -1.25. The van der Waals surface area contributed by atoms with Crippen molar-refractivity contribution in [1.82, 2.24) is 9.97 Å². The van der Waals surface area contributed by atoms with E-state index in [9.17, 15) is 5.11 Å². The van der Waals surface area contributed by atoms with Crippen molar-refractivity contribution in [1.29, 1.82) is 0 Å². The number of benzene rings is 1. The molecule has 2 aromatic rings. The standard InChI is InChI=1S/C14H14N2O.Ir/c1-10-8-15-9-13(16-10)14(2,3)11-6-4-5-7-12(11)17;/h1,4-9,17H,2-3H3;. The van der Waals surface area contributed by atoms with Gasteiger partial charge < -0.3 is 5.11 Å². The summed E-state index contributed by atoms with van der Waals surface area (Å²) in [4.78, 5) is 8.30. The first kappa shape index (κ1) is 14.8. The van der Waals surface area contributed by atoms with Crippen LogP contribution in [0.25, 0.3) is 0 Å². The molecule has 1 aromatic heterocycles. The van der Waals surface area contributed by atoms with E-state index in [-0.39, 0.29) is 25.9 Å². The van der Waals surface area contributed by atoms with E-state index in [0.29, 0.717) is 5.69 Å². The fraction of sp³-hybridized carbons (Fsp3) is 0.214. The van der Waals surface area contributed by atoms with Crippen LogP contribution in [0.3, 0.4) is 0 Å². The summed E-state index contributed by atoms with van der Waals surface area (Å²) < 4.78 is 0. The van der Waals surface area contributed by atoms with E-state index >= 15 is 0 Å². The van der Waals surface area contributed by atoms with Crippen LogP contribution in [-0.2, 0) is 25.5 Å². The Bertz CT molecular complexity index is 541. The Kier molecular flexibility index (Phi) is 4.60. The maximum absolute atomic E-state index is 9.90. The van der Waals surface area contributed by atoms with E-state index in [4.69, 9.17) is 6.92 Å². The minimum atomic E-state index is -0.437. The van der Waals surface area contributed by atoms with Crippen LogP contribution in [0.15, 0.2) is 36.7 Å². The van der Waals surface area contributed by atoms with Gasteiger partial charge in [-0.1, -0.05) is 18.2 Å². The van der Waals surface area contributed by atoms with Crippen LogP contribution >= 0.6 is 0 Å². The van der Waals surface area contributed by atoms with Gasteiger partial charge in [0.1, 0.15) is 5.75 Å². The van der Waals surface area contributed by atoms with E-state index in [0.717, 1.165) is 11.3 Å². The minimum Gasteiger partial charge on any atom is -0.508 e. The van der Waals surface area contributed by atoms with Gasteiger partial charge in [-0.2, -0.15) is 0 Å². The number of phenols is 1. The van der Waals surface area contributed by atoms with E-state index in [2.05, 4.69) is 9.97 Å². The molecule has 1 heterocycles. The molecule has 1 aromatic carbocycles. The number of rotatable bonds is 2. The first-order valence-corrected chi connectivity index (χ1v) is 5.38. The monoisotopic (exact) mass is 419 g/mol. The molecule has 0 bridgehead atoms. The summed E-state index contributed by atoms with van der Waals surface area (Å²) in [6.45, 7) is 9.59. The van der Waals surface area contributed by atoms with Gasteiger partial charge in [0.2, 0.25) is 0 Å². The Balaban J connectivity index is 0.00000162. The molecule has 0 saturated carbocycles. The third kappa shape index (κ3) is 2.77. The zero-order chi connectivity index (χ0) is 12.5. The van der Waals surface area contributed by atoms with Crippen molar-refractivity contribution < 1.29 is 25.2 Å². The van der Waals surface area contributed by atoms with Crippen molar-refractivity contribution >= 4 is 0 Å². The second kappa shape index (κ2) is 5.59. The SMILES string of the molecule is [CH]c1cncc(C(C)(C)c2ccccc2O)n1.[Ir]. The molecule has 3 radical (unpaired) electrons. The summed E-state index contributed by atoms with van der Waals surface area (Å²) in [5.41, 5.74) is 1.48. The Morgan fingerprint density at radius 1 is 1.17 bits per heavy atom. The Morgan fingerprint density at radius 2 is 1.83 bits per heavy atom. The molecular weight excluding hydrogens is 404 g/mol. The molecule has 2 rings (SSSR count). The largest absolute Gasteiger partial charge is 0.508 e. The van der Waals surface area contributed by atoms with Crippen molar-refractivity contribution in [2.24, 2.45) is 0 Å². The first-order chi connectivity index (χ1) is 8.01. The molecule has 0 unspecified atom stereocenters. The van der Waals surface area contributed by atoms with Gasteiger partial charge >= 0.3 is 0 Å². The number of hydrogen-bond acceptors (Lipinski definition) is 3. The van der Waals surface area contributed by atoms with Crippen molar-refractivity contribution in [3.05, 3.63) is 60.5 Å². The second-order valence-electron chi connectivity index (χ2n) is 4.47. The topological polar surface area (TPSA) is 46.0 Å². The minimum absolute atomic E-state index is 0. The molecule has 0 spiro atoms. The molecule has 0 aliphatic carbocycles. The van der Waals surface area contributed by atoms with Crippen LogP contribution < -0.4 is 0 Å². The van der Waals surface area contributed by atoms with Gasteiger partial charge in [0.25, 0.3) is 0 Å². The van der Waals surface area contributed by atoms with Crippen molar-refractivity contribution in [2.45, 2.75) is 19.3 Å². The number of nitrogens with zero attached hydrogens (tertiary/aromatic N) is 2. The first-order valence-electron chi connectivity index (χ1n) is 5.38. The Labute approximate surface area is 121 Å². The van der Waals surface area contributed by atoms with E-state index in [1.54, 1.807) is 18.3 Å². The fourth-order valence-corrected chi connectivity index (χ4v) is 1.82. The third-order valence-electron chi connectivity index (χ3n) is 2.87. The molecule has 0 fully saturated rings. The summed E-state index contributed by atoms with van der Waals surface area (Å²) >= 11 is 0. The van der Waals surface area contributed by atoms with Crippen LogP contribution in [0.5, 0.6) is 5.75 Å². The molecule has 4 heteroatoms. The van der Waals surface area contributed by atoms with Gasteiger partial charge in [0.05, 0.1) is 11.4 Å². The molecule has 0 atom stereocenters. The molecule has 0 amide bonds. The number of hydrogen-bond donors (Lipinski definition) is 1. The number of phenolic OH excluding ortho intramolecular Hbond substituents is 1. The van der Waals surface area contributed by atoms with Crippen molar-refractivity contribution in [2.75, 3.05) is 0 Å². The molecule has 0 saturated heterocycles. The molecule has 95 valence electrons. The summed E-state index contributed by atoms with van der Waals surface area (Å²) in [5, 5.41) is 9.90. The zero-order valence-corrected chi connectivity index (χ0v) is 12.6. The quantitative estimate of drug-likeness (QED) is 0.816. The normalized spacial score (nSPS) is 10.8. The van der Waals surface area contributed by atoms with Crippen LogP contribution in [0.4, 0.5) is 0 Å². The van der Waals surface area contributed by atoms with Crippen molar-refractivity contribution in [3.63, 3.8) is 0 Å². The maximum atomic E-state index is 9.90. The van der Waals surface area contributed by atoms with Gasteiger partial charge in [-0.25, -0.2) is 0 Å². The average Bonchev–Trinajstić information content (AvgIpc) is 2.29.